The van der Waals surface area contributed by atoms with Gasteiger partial charge in [0.15, 0.2) is 0 Å². The Balaban J connectivity index is 1.94. The number of hydrogen-bond acceptors (Lipinski definition) is 4. The molecule has 0 bridgehead atoms. The van der Waals surface area contributed by atoms with E-state index < -0.39 is 29.7 Å². The zero-order valence-corrected chi connectivity index (χ0v) is 19.7. The monoisotopic (exact) mass is 489 g/mol. The van der Waals surface area contributed by atoms with E-state index in [1.54, 1.807) is 32.9 Å². The summed E-state index contributed by atoms with van der Waals surface area (Å²) in [5, 5.41) is 13.6. The van der Waals surface area contributed by atoms with E-state index in [1.807, 2.05) is 25.1 Å². The zero-order chi connectivity index (χ0) is 26.0. The molecule has 0 aliphatic heterocycles. The lowest BCUT2D eigenvalue weighted by molar-refractivity contribution is -0.274. The van der Waals surface area contributed by atoms with Gasteiger partial charge in [-0.1, -0.05) is 56.7 Å². The van der Waals surface area contributed by atoms with Crippen molar-refractivity contribution in [2.24, 2.45) is 5.41 Å². The highest BCUT2D eigenvalue weighted by Gasteiger charge is 2.34. The van der Waals surface area contributed by atoms with Crippen molar-refractivity contribution >= 4 is 22.6 Å². The molecule has 0 radical (unpaired) electrons. The molecule has 0 unspecified atom stereocenters. The normalized spacial score (nSPS) is 12.8. The third-order valence-corrected chi connectivity index (χ3v) is 5.30. The Morgan fingerprint density at radius 1 is 1.00 bits per heavy atom. The number of fused-ring (bicyclic) bond motifs is 1. The highest BCUT2D eigenvalue weighted by molar-refractivity contribution is 6.05. The van der Waals surface area contributed by atoms with Crippen molar-refractivity contribution < 1.29 is 37.3 Å². The van der Waals surface area contributed by atoms with Crippen molar-refractivity contribution in [1.29, 1.82) is 0 Å². The number of aryl methyl sites for hydroxylation is 1. The van der Waals surface area contributed by atoms with E-state index >= 15 is 0 Å². The highest BCUT2D eigenvalue weighted by Crippen LogP contribution is 2.33. The van der Waals surface area contributed by atoms with Crippen LogP contribution in [0, 0.1) is 12.3 Å². The average molecular weight is 489 g/mol. The Morgan fingerprint density at radius 2 is 1.63 bits per heavy atom. The van der Waals surface area contributed by atoms with E-state index in [1.165, 1.54) is 24.3 Å². The largest absolute Gasteiger partial charge is 0.573 e. The molecular formula is C26H26F3NO5. The molecule has 1 atom stereocenters. The van der Waals surface area contributed by atoms with Crippen LogP contribution in [0.2, 0.25) is 0 Å². The van der Waals surface area contributed by atoms with Crippen LogP contribution in [0.4, 0.5) is 13.2 Å². The van der Waals surface area contributed by atoms with Crippen LogP contribution in [-0.2, 0) is 11.4 Å². The highest BCUT2D eigenvalue weighted by atomic mass is 19.4. The standard InChI is InChI=1S/C26H26F3NO5/c1-15-5-8-17-9-12-19(23(31)30-22(24(32)33)25(2,3)4)21(20(17)13-15)34-14-16-6-10-18(11-7-16)35-26(27,28)29/h5-13,22H,14H2,1-4H3,(H,30,31)(H,32,33)/t22-/m1/s1. The van der Waals surface area contributed by atoms with Gasteiger partial charge in [0, 0.05) is 5.39 Å². The van der Waals surface area contributed by atoms with Crippen LogP contribution in [0.15, 0.2) is 54.6 Å². The summed E-state index contributed by atoms with van der Waals surface area (Å²) >= 11 is 0. The van der Waals surface area contributed by atoms with Crippen molar-refractivity contribution in [2.75, 3.05) is 0 Å². The fraction of sp³-hybridized carbons (Fsp3) is 0.308. The number of alkyl halides is 3. The van der Waals surface area contributed by atoms with Gasteiger partial charge in [0.1, 0.15) is 24.1 Å². The lowest BCUT2D eigenvalue weighted by Gasteiger charge is -2.28. The summed E-state index contributed by atoms with van der Waals surface area (Å²) in [6, 6.07) is 13.0. The second-order valence-corrected chi connectivity index (χ2v) is 9.26. The van der Waals surface area contributed by atoms with Gasteiger partial charge in [-0.25, -0.2) is 4.79 Å². The smallest absolute Gasteiger partial charge is 0.487 e. The molecule has 3 rings (SSSR count). The van der Waals surface area contributed by atoms with Crippen LogP contribution in [0.5, 0.6) is 11.5 Å². The first kappa shape index (κ1) is 25.9. The SMILES string of the molecule is Cc1ccc2ccc(C(=O)N[C@H](C(=O)O)C(C)(C)C)c(OCc3ccc(OC(F)(F)F)cc3)c2c1. The van der Waals surface area contributed by atoms with Crippen molar-refractivity contribution in [3.8, 4) is 11.5 Å². The number of benzene rings is 3. The molecule has 2 N–H and O–H groups in total. The van der Waals surface area contributed by atoms with E-state index in [9.17, 15) is 27.9 Å². The predicted molar refractivity (Wildman–Crippen MR) is 124 cm³/mol. The summed E-state index contributed by atoms with van der Waals surface area (Å²) in [7, 11) is 0. The molecule has 9 heteroatoms. The quantitative estimate of drug-likeness (QED) is 0.435. The summed E-state index contributed by atoms with van der Waals surface area (Å²) < 4.78 is 47.1. The Kier molecular flexibility index (Phi) is 7.28. The maximum atomic E-state index is 13.2. The van der Waals surface area contributed by atoms with Crippen LogP contribution in [-0.4, -0.2) is 29.4 Å². The van der Waals surface area contributed by atoms with Gasteiger partial charge in [0.25, 0.3) is 5.91 Å². The molecule has 0 heterocycles. The summed E-state index contributed by atoms with van der Waals surface area (Å²) in [6.45, 7) is 6.97. The van der Waals surface area contributed by atoms with E-state index in [0.29, 0.717) is 10.9 Å². The van der Waals surface area contributed by atoms with Gasteiger partial charge in [0.2, 0.25) is 0 Å². The number of carbonyl (C=O) groups is 2. The number of rotatable bonds is 7. The molecule has 3 aromatic carbocycles. The molecule has 0 saturated heterocycles. The van der Waals surface area contributed by atoms with Crippen LogP contribution in [0.1, 0.15) is 42.3 Å². The van der Waals surface area contributed by atoms with Crippen LogP contribution in [0.25, 0.3) is 10.8 Å². The second-order valence-electron chi connectivity index (χ2n) is 9.26. The lowest BCUT2D eigenvalue weighted by Crippen LogP contribution is -2.49. The van der Waals surface area contributed by atoms with Crippen LogP contribution < -0.4 is 14.8 Å². The maximum Gasteiger partial charge on any atom is 0.573 e. The molecule has 3 aromatic rings. The first-order valence-electron chi connectivity index (χ1n) is 10.8. The van der Waals surface area contributed by atoms with Crippen molar-refractivity contribution in [2.45, 2.75) is 46.7 Å². The number of carbonyl (C=O) groups excluding carboxylic acids is 1. The first-order chi connectivity index (χ1) is 16.2. The Labute approximate surface area is 200 Å². The topological polar surface area (TPSA) is 84.9 Å². The average Bonchev–Trinajstić information content (AvgIpc) is 2.74. The van der Waals surface area contributed by atoms with Gasteiger partial charge in [-0.2, -0.15) is 0 Å². The van der Waals surface area contributed by atoms with Crippen LogP contribution >= 0.6 is 0 Å². The Bertz CT molecular complexity index is 1230. The van der Waals surface area contributed by atoms with E-state index in [2.05, 4.69) is 10.1 Å². The fourth-order valence-corrected chi connectivity index (χ4v) is 3.54. The third-order valence-electron chi connectivity index (χ3n) is 5.30. The maximum absolute atomic E-state index is 13.2. The van der Waals surface area contributed by atoms with Crippen molar-refractivity contribution in [1.82, 2.24) is 5.32 Å². The number of amides is 1. The van der Waals surface area contributed by atoms with E-state index in [4.69, 9.17) is 4.74 Å². The number of carboxylic acids is 1. The van der Waals surface area contributed by atoms with Gasteiger partial charge in [-0.05, 0) is 47.6 Å². The third kappa shape index (κ3) is 6.65. The lowest BCUT2D eigenvalue weighted by atomic mass is 9.86. The van der Waals surface area contributed by atoms with E-state index in [0.717, 1.165) is 10.9 Å². The van der Waals surface area contributed by atoms with Gasteiger partial charge in [-0.3, -0.25) is 4.79 Å². The zero-order valence-electron chi connectivity index (χ0n) is 19.7. The minimum atomic E-state index is -4.79. The molecule has 0 aliphatic carbocycles. The number of nitrogens with one attached hydrogen (secondary N) is 1. The molecule has 0 spiro atoms. The number of hydrogen-bond donors (Lipinski definition) is 2. The second kappa shape index (κ2) is 9.85. The summed E-state index contributed by atoms with van der Waals surface area (Å²) in [4.78, 5) is 24.9. The van der Waals surface area contributed by atoms with Gasteiger partial charge in [0.05, 0.1) is 5.56 Å². The molecule has 0 fully saturated rings. The Hall–Kier alpha value is -3.75. The van der Waals surface area contributed by atoms with Crippen LogP contribution in [0.3, 0.4) is 0 Å². The molecule has 186 valence electrons. The minimum Gasteiger partial charge on any atom is -0.487 e. The minimum absolute atomic E-state index is 0.0404. The van der Waals surface area contributed by atoms with Crippen molar-refractivity contribution in [3.05, 3.63) is 71.3 Å². The number of carboxylic acid groups (broad SMARTS) is 1. The molecule has 1 amide bonds. The molecule has 0 aliphatic rings. The number of ether oxygens (including phenoxy) is 2. The summed E-state index contributed by atoms with van der Waals surface area (Å²) in [5.74, 6) is -1.88. The Morgan fingerprint density at radius 3 is 2.20 bits per heavy atom. The van der Waals surface area contributed by atoms with Gasteiger partial charge < -0.3 is 19.9 Å². The summed E-state index contributed by atoms with van der Waals surface area (Å²) in [5.41, 5.74) is 0.881. The predicted octanol–water partition coefficient (Wildman–Crippen LogP) is 5.85. The van der Waals surface area contributed by atoms with Gasteiger partial charge in [-0.15, -0.1) is 13.2 Å². The molecule has 35 heavy (non-hydrogen) atoms. The van der Waals surface area contributed by atoms with Crippen molar-refractivity contribution in [3.63, 3.8) is 0 Å². The molecule has 6 nitrogen and oxygen atoms in total. The fourth-order valence-electron chi connectivity index (χ4n) is 3.54. The molecular weight excluding hydrogens is 463 g/mol. The van der Waals surface area contributed by atoms with Gasteiger partial charge >= 0.3 is 12.3 Å². The number of halogens is 3. The molecule has 0 aromatic heterocycles. The molecule has 0 saturated carbocycles. The number of aliphatic carboxylic acids is 1. The summed E-state index contributed by atoms with van der Waals surface area (Å²) in [6.07, 6.45) is -4.79. The van der Waals surface area contributed by atoms with E-state index in [-0.39, 0.29) is 23.7 Å². The first-order valence-corrected chi connectivity index (χ1v) is 10.8.